The molecule has 0 amide bonds. The molecule has 1 atom stereocenters. The van der Waals surface area contributed by atoms with Crippen LogP contribution in [0.2, 0.25) is 0 Å². The van der Waals surface area contributed by atoms with Crippen LogP contribution in [0.1, 0.15) is 29.5 Å². The lowest BCUT2D eigenvalue weighted by Crippen LogP contribution is -2.55. The van der Waals surface area contributed by atoms with Crippen LogP contribution in [-0.4, -0.2) is 78.9 Å². The molecule has 186 valence electrons. The minimum atomic E-state index is -1.17. The molecular formula is C27H37FN2O4. The summed E-state index contributed by atoms with van der Waals surface area (Å²) < 4.78 is 25.4. The number of nitrogens with zero attached hydrogens (tertiary/aromatic N) is 2. The highest BCUT2D eigenvalue weighted by molar-refractivity contribution is 5.47. The average Bonchev–Trinajstić information content (AvgIpc) is 2.96. The lowest BCUT2D eigenvalue weighted by molar-refractivity contribution is -0.0743. The summed E-state index contributed by atoms with van der Waals surface area (Å²) in [6, 6.07) is 10.7. The van der Waals surface area contributed by atoms with Gasteiger partial charge in [0.25, 0.3) is 0 Å². The topological polar surface area (TPSA) is 65.4 Å². The third kappa shape index (κ3) is 6.08. The first-order valence-corrected chi connectivity index (χ1v) is 12.1. The van der Waals surface area contributed by atoms with Crippen molar-refractivity contribution in [3.63, 3.8) is 0 Å². The largest absolute Gasteiger partial charge is 0.490 e. The van der Waals surface area contributed by atoms with E-state index in [9.17, 15) is 14.6 Å². The predicted molar refractivity (Wildman–Crippen MR) is 131 cm³/mol. The van der Waals surface area contributed by atoms with Crippen molar-refractivity contribution in [2.75, 3.05) is 57.4 Å². The number of aliphatic hydroxyl groups is 2. The van der Waals surface area contributed by atoms with E-state index in [1.54, 1.807) is 6.07 Å². The monoisotopic (exact) mass is 472 g/mol. The standard InChI is InChI=1S/C27H37FN2O4/c1-20-13-21(2)22(3)25(14-20)34-19-27(32)17-29(11-12-33-18-27)16-26(31)7-9-30(10-8-26)24-6-4-5-23(28)15-24/h4-6,13-15,31-32H,7-12,16-19H2,1-3H3/t27-/m0/s1. The van der Waals surface area contributed by atoms with Gasteiger partial charge in [0.15, 0.2) is 0 Å². The first kappa shape index (κ1) is 24.9. The van der Waals surface area contributed by atoms with Crippen molar-refractivity contribution in [2.24, 2.45) is 0 Å². The van der Waals surface area contributed by atoms with Crippen LogP contribution in [0.4, 0.5) is 10.1 Å². The Kier molecular flexibility index (Phi) is 7.48. The number of piperidine rings is 1. The lowest BCUT2D eigenvalue weighted by Gasteiger charge is -2.42. The molecule has 2 aromatic rings. The molecule has 0 aliphatic carbocycles. The normalized spacial score (nSPS) is 23.5. The van der Waals surface area contributed by atoms with Crippen LogP contribution in [0.25, 0.3) is 0 Å². The van der Waals surface area contributed by atoms with Crippen LogP contribution in [0.15, 0.2) is 36.4 Å². The van der Waals surface area contributed by atoms with Gasteiger partial charge in [0, 0.05) is 38.4 Å². The van der Waals surface area contributed by atoms with Crippen LogP contribution < -0.4 is 9.64 Å². The maximum Gasteiger partial charge on any atom is 0.134 e. The summed E-state index contributed by atoms with van der Waals surface area (Å²) in [5, 5.41) is 22.6. The van der Waals surface area contributed by atoms with Crippen molar-refractivity contribution in [1.29, 1.82) is 0 Å². The highest BCUT2D eigenvalue weighted by atomic mass is 19.1. The van der Waals surface area contributed by atoms with Crippen molar-refractivity contribution in [3.8, 4) is 5.75 Å². The Bertz CT molecular complexity index is 993. The average molecular weight is 473 g/mol. The number of anilines is 1. The van der Waals surface area contributed by atoms with Crippen LogP contribution in [0.3, 0.4) is 0 Å². The molecule has 6 nitrogen and oxygen atoms in total. The van der Waals surface area contributed by atoms with Crippen LogP contribution >= 0.6 is 0 Å². The zero-order chi connectivity index (χ0) is 24.3. The molecule has 2 N–H and O–H groups in total. The molecule has 2 aliphatic rings. The zero-order valence-electron chi connectivity index (χ0n) is 20.5. The van der Waals surface area contributed by atoms with E-state index in [4.69, 9.17) is 9.47 Å². The highest BCUT2D eigenvalue weighted by Gasteiger charge is 2.39. The fourth-order valence-electron chi connectivity index (χ4n) is 5.01. The molecule has 7 heteroatoms. The molecule has 0 saturated carbocycles. The number of hydrogen-bond donors (Lipinski definition) is 2. The zero-order valence-corrected chi connectivity index (χ0v) is 20.5. The maximum absolute atomic E-state index is 13.6. The van der Waals surface area contributed by atoms with Crippen molar-refractivity contribution in [3.05, 3.63) is 58.9 Å². The van der Waals surface area contributed by atoms with Gasteiger partial charge in [-0.25, -0.2) is 4.39 Å². The maximum atomic E-state index is 13.6. The highest BCUT2D eigenvalue weighted by Crippen LogP contribution is 2.29. The Labute approximate surface area is 201 Å². The molecule has 2 aromatic carbocycles. The summed E-state index contributed by atoms with van der Waals surface area (Å²) >= 11 is 0. The van der Waals surface area contributed by atoms with Gasteiger partial charge in [0.05, 0.1) is 18.8 Å². The minimum absolute atomic E-state index is 0.124. The van der Waals surface area contributed by atoms with Gasteiger partial charge in [0.1, 0.15) is 23.8 Å². The van der Waals surface area contributed by atoms with E-state index in [1.165, 1.54) is 12.1 Å². The Morgan fingerprint density at radius 3 is 2.53 bits per heavy atom. The van der Waals surface area contributed by atoms with Crippen LogP contribution in [0, 0.1) is 26.6 Å². The number of ether oxygens (including phenoxy) is 2. The predicted octanol–water partition coefficient (Wildman–Crippen LogP) is 3.22. The fraction of sp³-hybridized carbons (Fsp3) is 0.556. The number of benzene rings is 2. The second kappa shape index (κ2) is 10.2. The van der Waals surface area contributed by atoms with E-state index >= 15 is 0 Å². The Morgan fingerprint density at radius 2 is 1.79 bits per heavy atom. The van der Waals surface area contributed by atoms with E-state index in [0.29, 0.717) is 52.2 Å². The molecule has 4 rings (SSSR count). The molecule has 0 aromatic heterocycles. The molecule has 0 unspecified atom stereocenters. The van der Waals surface area contributed by atoms with Crippen LogP contribution in [0.5, 0.6) is 5.75 Å². The molecule has 0 spiro atoms. The summed E-state index contributed by atoms with van der Waals surface area (Å²) in [5.41, 5.74) is 2.17. The smallest absolute Gasteiger partial charge is 0.134 e. The summed E-state index contributed by atoms with van der Waals surface area (Å²) in [4.78, 5) is 4.20. The first-order chi connectivity index (χ1) is 16.1. The van der Waals surface area contributed by atoms with Crippen LogP contribution in [-0.2, 0) is 4.74 Å². The van der Waals surface area contributed by atoms with Gasteiger partial charge in [-0.3, -0.25) is 4.90 Å². The summed E-state index contributed by atoms with van der Waals surface area (Å²) in [7, 11) is 0. The Morgan fingerprint density at radius 1 is 1.03 bits per heavy atom. The summed E-state index contributed by atoms with van der Waals surface area (Å²) in [5.74, 6) is 0.533. The molecule has 34 heavy (non-hydrogen) atoms. The van der Waals surface area contributed by atoms with Gasteiger partial charge in [-0.1, -0.05) is 12.1 Å². The summed E-state index contributed by atoms with van der Waals surface area (Å²) in [6.07, 6.45) is 1.16. The van der Waals surface area contributed by atoms with Crippen molar-refractivity contribution in [1.82, 2.24) is 4.90 Å². The molecular weight excluding hydrogens is 435 g/mol. The van der Waals surface area contributed by atoms with E-state index < -0.39 is 11.2 Å². The van der Waals surface area contributed by atoms with E-state index in [1.807, 2.05) is 26.0 Å². The van der Waals surface area contributed by atoms with Crippen molar-refractivity contribution >= 4 is 5.69 Å². The second-order valence-electron chi connectivity index (χ2n) is 10.2. The quantitative estimate of drug-likeness (QED) is 0.673. The van der Waals surface area contributed by atoms with Crippen molar-refractivity contribution in [2.45, 2.75) is 44.8 Å². The van der Waals surface area contributed by atoms with Gasteiger partial charge in [-0.15, -0.1) is 0 Å². The SMILES string of the molecule is Cc1cc(C)c(C)c(OC[C@@]2(O)COCCN(CC3(O)CCN(c4cccc(F)c4)CC3)C2)c1. The molecule has 0 bridgehead atoms. The Balaban J connectivity index is 1.36. The number of hydrogen-bond acceptors (Lipinski definition) is 6. The van der Waals surface area contributed by atoms with E-state index in [2.05, 4.69) is 22.8 Å². The van der Waals surface area contributed by atoms with Gasteiger partial charge in [-0.2, -0.15) is 0 Å². The summed E-state index contributed by atoms with van der Waals surface area (Å²) in [6.45, 7) is 9.70. The molecule has 2 heterocycles. The van der Waals surface area contributed by atoms with Gasteiger partial charge < -0.3 is 24.6 Å². The Hall–Kier alpha value is -2.19. The van der Waals surface area contributed by atoms with Gasteiger partial charge >= 0.3 is 0 Å². The second-order valence-corrected chi connectivity index (χ2v) is 10.2. The minimum Gasteiger partial charge on any atom is -0.490 e. The number of aryl methyl sites for hydroxylation is 2. The van der Waals surface area contributed by atoms with E-state index in [0.717, 1.165) is 28.1 Å². The fourth-order valence-corrected chi connectivity index (χ4v) is 5.01. The number of halogens is 1. The molecule has 2 aliphatic heterocycles. The third-order valence-corrected chi connectivity index (χ3v) is 7.09. The third-order valence-electron chi connectivity index (χ3n) is 7.09. The van der Waals surface area contributed by atoms with Gasteiger partial charge in [-0.05, 0) is 74.6 Å². The lowest BCUT2D eigenvalue weighted by atomic mass is 9.90. The first-order valence-electron chi connectivity index (χ1n) is 12.1. The van der Waals surface area contributed by atoms with Crippen molar-refractivity contribution < 1.29 is 24.1 Å². The number of β-amino-alcohol motifs (C(OH)–C–C–N with tert-alkyl or cyclic N) is 2. The molecule has 2 saturated heterocycles. The van der Waals surface area contributed by atoms with Gasteiger partial charge in [0.2, 0.25) is 0 Å². The van der Waals surface area contributed by atoms with E-state index in [-0.39, 0.29) is 19.0 Å². The number of rotatable bonds is 6. The molecule has 0 radical (unpaired) electrons. The molecule has 2 fully saturated rings.